The van der Waals surface area contributed by atoms with Gasteiger partial charge in [-0.1, -0.05) is 31.8 Å². The van der Waals surface area contributed by atoms with Crippen LogP contribution >= 0.6 is 0 Å². The lowest BCUT2D eigenvalue weighted by atomic mass is 10.1. The third-order valence-corrected chi connectivity index (χ3v) is 3.48. The van der Waals surface area contributed by atoms with Gasteiger partial charge in [0.1, 0.15) is 0 Å². The number of hydrogen-bond donors (Lipinski definition) is 2. The molecule has 0 atom stereocenters. The van der Waals surface area contributed by atoms with Crippen LogP contribution in [0.1, 0.15) is 52.4 Å². The van der Waals surface area contributed by atoms with Crippen molar-refractivity contribution in [2.75, 3.05) is 6.54 Å². The van der Waals surface area contributed by atoms with Crippen LogP contribution in [0.15, 0.2) is 5.16 Å². The zero-order valence-electron chi connectivity index (χ0n) is 11.4. The molecule has 0 unspecified atom stereocenters. The molecule has 104 valence electrons. The Morgan fingerprint density at radius 2 is 2.06 bits per heavy atom. The van der Waals surface area contributed by atoms with Gasteiger partial charge in [-0.2, -0.15) is 0 Å². The van der Waals surface area contributed by atoms with Crippen molar-refractivity contribution in [2.24, 2.45) is 16.8 Å². The normalized spacial score (nSPS) is 17.4. The average molecular weight is 255 g/mol. The van der Waals surface area contributed by atoms with E-state index >= 15 is 0 Å². The monoisotopic (exact) mass is 255 g/mol. The third kappa shape index (κ3) is 4.55. The van der Waals surface area contributed by atoms with Crippen LogP contribution in [-0.2, 0) is 4.79 Å². The van der Waals surface area contributed by atoms with Crippen LogP contribution in [-0.4, -0.2) is 34.4 Å². The van der Waals surface area contributed by atoms with E-state index in [0.29, 0.717) is 12.3 Å². The molecule has 0 radical (unpaired) electrons. The van der Waals surface area contributed by atoms with Crippen molar-refractivity contribution in [3.05, 3.63) is 0 Å². The van der Waals surface area contributed by atoms with E-state index in [0.717, 1.165) is 32.1 Å². The Kier molecular flexibility index (Phi) is 5.95. The summed E-state index contributed by atoms with van der Waals surface area (Å²) in [7, 11) is 0. The average Bonchev–Trinajstić information content (AvgIpc) is 2.86. The topological polar surface area (TPSA) is 78.9 Å². The van der Waals surface area contributed by atoms with E-state index in [4.69, 9.17) is 10.9 Å². The Bertz CT molecular complexity index is 297. The molecular formula is C13H25N3O2. The summed E-state index contributed by atoms with van der Waals surface area (Å²) in [6.45, 7) is 4.46. The van der Waals surface area contributed by atoms with Gasteiger partial charge in [-0.25, -0.2) is 0 Å². The minimum absolute atomic E-state index is 0.111. The van der Waals surface area contributed by atoms with Crippen molar-refractivity contribution >= 4 is 11.7 Å². The maximum atomic E-state index is 12.2. The Balaban J connectivity index is 2.60. The van der Waals surface area contributed by atoms with E-state index in [1.165, 1.54) is 0 Å². The van der Waals surface area contributed by atoms with E-state index in [1.807, 2.05) is 0 Å². The fourth-order valence-electron chi connectivity index (χ4n) is 2.40. The largest absolute Gasteiger partial charge is 0.409 e. The molecule has 0 saturated heterocycles. The van der Waals surface area contributed by atoms with Crippen LogP contribution < -0.4 is 5.73 Å². The fraction of sp³-hybridized carbons (Fsp3) is 0.846. The molecule has 1 saturated carbocycles. The molecule has 0 heterocycles. The van der Waals surface area contributed by atoms with Crippen molar-refractivity contribution in [1.29, 1.82) is 0 Å². The maximum absolute atomic E-state index is 12.2. The summed E-state index contributed by atoms with van der Waals surface area (Å²) in [6.07, 6.45) is 5.83. The Hall–Kier alpha value is -1.26. The van der Waals surface area contributed by atoms with E-state index in [2.05, 4.69) is 19.0 Å². The van der Waals surface area contributed by atoms with Gasteiger partial charge in [0.2, 0.25) is 5.91 Å². The zero-order chi connectivity index (χ0) is 13.5. The molecule has 1 amide bonds. The van der Waals surface area contributed by atoms with Crippen LogP contribution in [0, 0.1) is 5.92 Å². The fourth-order valence-corrected chi connectivity index (χ4v) is 2.40. The minimum atomic E-state index is 0.111. The van der Waals surface area contributed by atoms with Crippen LogP contribution in [0.25, 0.3) is 0 Å². The summed E-state index contributed by atoms with van der Waals surface area (Å²) in [6, 6.07) is 0.268. The number of hydrogen-bond acceptors (Lipinski definition) is 3. The van der Waals surface area contributed by atoms with Crippen LogP contribution in [0.3, 0.4) is 0 Å². The Morgan fingerprint density at radius 3 is 2.56 bits per heavy atom. The maximum Gasteiger partial charge on any atom is 0.223 e. The summed E-state index contributed by atoms with van der Waals surface area (Å²) in [5, 5.41) is 11.6. The molecule has 0 aromatic carbocycles. The molecule has 3 N–H and O–H groups in total. The molecule has 0 aromatic rings. The van der Waals surface area contributed by atoms with Crippen molar-refractivity contribution < 1.29 is 10.0 Å². The van der Waals surface area contributed by atoms with Crippen LogP contribution in [0.2, 0.25) is 0 Å². The summed E-state index contributed by atoms with van der Waals surface area (Å²) in [4.78, 5) is 14.0. The smallest absolute Gasteiger partial charge is 0.223 e. The molecule has 18 heavy (non-hydrogen) atoms. The van der Waals surface area contributed by atoms with Crippen molar-refractivity contribution in [1.82, 2.24) is 4.90 Å². The number of amides is 1. The van der Waals surface area contributed by atoms with Crippen LogP contribution in [0.4, 0.5) is 0 Å². The number of amidine groups is 1. The second-order valence-electron chi connectivity index (χ2n) is 5.48. The highest BCUT2D eigenvalue weighted by Crippen LogP contribution is 2.24. The van der Waals surface area contributed by atoms with Gasteiger partial charge in [-0.15, -0.1) is 0 Å². The lowest BCUT2D eigenvalue weighted by Crippen LogP contribution is -2.44. The van der Waals surface area contributed by atoms with Gasteiger partial charge >= 0.3 is 0 Å². The summed E-state index contributed by atoms with van der Waals surface area (Å²) in [5.74, 6) is 0.755. The second-order valence-corrected chi connectivity index (χ2v) is 5.48. The summed E-state index contributed by atoms with van der Waals surface area (Å²) in [5.41, 5.74) is 5.54. The zero-order valence-corrected chi connectivity index (χ0v) is 11.4. The molecule has 1 fully saturated rings. The van der Waals surface area contributed by atoms with E-state index in [9.17, 15) is 4.79 Å². The highest BCUT2D eigenvalue weighted by molar-refractivity contribution is 5.87. The standard InChI is InChI=1S/C13H25N3O2/c1-10(2)7-8-13(17)16(9-12(14)15-18)11-5-3-4-6-11/h10-11,18H,3-9H2,1-2H3,(H2,14,15). The molecule has 0 spiro atoms. The number of rotatable bonds is 6. The Labute approximate surface area is 109 Å². The first-order valence-electron chi connectivity index (χ1n) is 6.80. The first kappa shape index (κ1) is 14.8. The molecule has 0 aliphatic heterocycles. The van der Waals surface area contributed by atoms with Crippen molar-refractivity contribution in [3.63, 3.8) is 0 Å². The van der Waals surface area contributed by atoms with Gasteiger partial charge in [0.05, 0.1) is 6.54 Å². The van der Waals surface area contributed by atoms with Crippen LogP contribution in [0.5, 0.6) is 0 Å². The van der Waals surface area contributed by atoms with Gasteiger partial charge in [0.25, 0.3) is 0 Å². The molecule has 5 nitrogen and oxygen atoms in total. The first-order valence-corrected chi connectivity index (χ1v) is 6.80. The number of oxime groups is 1. The van der Waals surface area contributed by atoms with Gasteiger partial charge < -0.3 is 15.8 Å². The van der Waals surface area contributed by atoms with Gasteiger partial charge in [0, 0.05) is 12.5 Å². The molecule has 0 bridgehead atoms. The SMILES string of the molecule is CC(C)CCC(=O)N(CC(N)=NO)C1CCCC1. The highest BCUT2D eigenvalue weighted by Gasteiger charge is 2.27. The summed E-state index contributed by atoms with van der Waals surface area (Å²) < 4.78 is 0. The highest BCUT2D eigenvalue weighted by atomic mass is 16.4. The third-order valence-electron chi connectivity index (χ3n) is 3.48. The predicted molar refractivity (Wildman–Crippen MR) is 71.4 cm³/mol. The van der Waals surface area contributed by atoms with Crippen molar-refractivity contribution in [2.45, 2.75) is 58.4 Å². The molecule has 1 aliphatic carbocycles. The Morgan fingerprint density at radius 1 is 1.44 bits per heavy atom. The van der Waals surface area contributed by atoms with Gasteiger partial charge in [-0.05, 0) is 25.2 Å². The molecule has 1 rings (SSSR count). The lowest BCUT2D eigenvalue weighted by Gasteiger charge is -2.28. The second kappa shape index (κ2) is 7.24. The number of nitrogens with two attached hydrogens (primary N) is 1. The minimum Gasteiger partial charge on any atom is -0.409 e. The number of carbonyl (C=O) groups excluding carboxylic acids is 1. The lowest BCUT2D eigenvalue weighted by molar-refractivity contribution is -0.132. The van der Waals surface area contributed by atoms with Gasteiger partial charge in [0.15, 0.2) is 5.84 Å². The van der Waals surface area contributed by atoms with E-state index in [1.54, 1.807) is 4.90 Å². The van der Waals surface area contributed by atoms with Gasteiger partial charge in [-0.3, -0.25) is 4.79 Å². The molecule has 0 aromatic heterocycles. The van der Waals surface area contributed by atoms with E-state index in [-0.39, 0.29) is 24.3 Å². The number of carbonyl (C=O) groups is 1. The summed E-state index contributed by atoms with van der Waals surface area (Å²) >= 11 is 0. The molecule has 5 heteroatoms. The van der Waals surface area contributed by atoms with E-state index < -0.39 is 0 Å². The quantitative estimate of drug-likeness (QED) is 0.329. The molecule has 1 aliphatic rings. The number of nitrogens with zero attached hydrogens (tertiary/aromatic N) is 2. The first-order chi connectivity index (χ1) is 8.54. The molecular weight excluding hydrogens is 230 g/mol. The van der Waals surface area contributed by atoms with Crippen molar-refractivity contribution in [3.8, 4) is 0 Å². The predicted octanol–water partition coefficient (Wildman–Crippen LogP) is 1.94.